The summed E-state index contributed by atoms with van der Waals surface area (Å²) in [6, 6.07) is 2.01. The van der Waals surface area contributed by atoms with Gasteiger partial charge in [0.25, 0.3) is 0 Å². The molecule has 1 aromatic rings. The number of nitrogens with zero attached hydrogens (tertiary/aromatic N) is 2. The van der Waals surface area contributed by atoms with Crippen LogP contribution in [0.3, 0.4) is 0 Å². The van der Waals surface area contributed by atoms with Gasteiger partial charge in [-0.05, 0) is 96.4 Å². The second-order valence-electron chi connectivity index (χ2n) is 13.5. The zero-order valence-electron chi connectivity index (χ0n) is 28.5. The minimum Gasteiger partial charge on any atom is -0.415 e. The average Bonchev–Trinajstić information content (AvgIpc) is 3.45. The second-order valence-corrected chi connectivity index (χ2v) is 32.8. The van der Waals surface area contributed by atoms with Crippen LogP contribution >= 0.6 is 0 Å². The van der Waals surface area contributed by atoms with Crippen molar-refractivity contribution < 1.29 is 50.8 Å². The van der Waals surface area contributed by atoms with Gasteiger partial charge in [-0.15, -0.1) is 6.58 Å². The average molecular weight is 737 g/mol. The molecule has 45 heavy (non-hydrogen) atoms. The van der Waals surface area contributed by atoms with E-state index in [-0.39, 0.29) is 13.2 Å². The maximum absolute atomic E-state index is 11.3. The number of hydrogen-bond acceptors (Lipinski definition) is 13. The molecule has 5 atom stereocenters. The van der Waals surface area contributed by atoms with Crippen LogP contribution in [0.15, 0.2) is 28.7 Å². The van der Waals surface area contributed by atoms with Crippen molar-refractivity contribution in [2.24, 2.45) is 10.3 Å². The van der Waals surface area contributed by atoms with Crippen LogP contribution < -0.4 is 0 Å². The summed E-state index contributed by atoms with van der Waals surface area (Å²) in [6.07, 6.45) is 0. The molecule has 2 aliphatic rings. The molecule has 0 aliphatic carbocycles. The van der Waals surface area contributed by atoms with E-state index in [1.807, 2.05) is 26.8 Å². The number of rotatable bonds is 11. The summed E-state index contributed by atoms with van der Waals surface area (Å²) in [5.74, 6) is 0. The van der Waals surface area contributed by atoms with Gasteiger partial charge in [-0.3, -0.25) is 0 Å². The van der Waals surface area contributed by atoms with Gasteiger partial charge in [0.15, 0.2) is 0 Å². The number of aryl methyl sites for hydroxylation is 2. The summed E-state index contributed by atoms with van der Waals surface area (Å²) < 4.78 is 16.7. The molecule has 0 bridgehead atoms. The molecule has 0 spiro atoms. The molecule has 13 nitrogen and oxygen atoms in total. The molecule has 6 N–H and O–H groups in total. The highest BCUT2D eigenvalue weighted by atomic mass is 28.5. The van der Waals surface area contributed by atoms with Gasteiger partial charge in [-0.25, -0.2) is 0 Å². The van der Waals surface area contributed by atoms with Crippen molar-refractivity contribution >= 4 is 62.8 Å². The predicted molar refractivity (Wildman–Crippen MR) is 187 cm³/mol. The van der Waals surface area contributed by atoms with Gasteiger partial charge in [0.2, 0.25) is 0 Å². The molecule has 0 aromatic heterocycles. The quantitative estimate of drug-likeness (QED) is 0.183. The van der Waals surface area contributed by atoms with Crippen molar-refractivity contribution in [3.05, 3.63) is 46.2 Å². The Hall–Kier alpha value is -1.16. The molecular weight excluding hydrogens is 685 g/mol. The summed E-state index contributed by atoms with van der Waals surface area (Å²) in [5.41, 5.74) is 5.95. The number of oxime groups is 2. The van der Waals surface area contributed by atoms with E-state index in [4.69, 9.17) is 22.0 Å². The van der Waals surface area contributed by atoms with Gasteiger partial charge in [-0.1, -0.05) is 22.1 Å². The molecule has 0 fully saturated rings. The summed E-state index contributed by atoms with van der Waals surface area (Å²) >= 11 is 0. The molecular formula is C26H52N2O11Si6. The Kier molecular flexibility index (Phi) is 12.6. The predicted octanol–water partition coefficient (Wildman–Crippen LogP) is 2.86. The van der Waals surface area contributed by atoms with Crippen molar-refractivity contribution in [3.8, 4) is 0 Å². The SMILES string of the molecule is C=C[Si](C)(O)O[Si](C)(C)O.Cc1cc(C)c(C2=NOCC2[Si](C)(O)O[Si](C)(C)O)c(C)c1C1=NOCC1[Si](C)(O)O[Si](C)(C)O. The fourth-order valence-electron chi connectivity index (χ4n) is 5.58. The smallest absolute Gasteiger partial charge is 0.349 e. The Morgan fingerprint density at radius 2 is 1.00 bits per heavy atom. The van der Waals surface area contributed by atoms with Gasteiger partial charge in [0.1, 0.15) is 13.2 Å². The van der Waals surface area contributed by atoms with E-state index in [0.717, 1.165) is 27.8 Å². The first kappa shape index (κ1) is 40.0. The fraction of sp³-hybridized carbons (Fsp3) is 0.615. The van der Waals surface area contributed by atoms with Crippen molar-refractivity contribution in [2.75, 3.05) is 13.2 Å². The van der Waals surface area contributed by atoms with Crippen LogP contribution in [-0.2, 0) is 22.0 Å². The van der Waals surface area contributed by atoms with E-state index in [1.165, 1.54) is 5.70 Å². The minimum absolute atomic E-state index is 0.166. The first-order valence-electron chi connectivity index (χ1n) is 14.7. The Labute approximate surface area is 273 Å². The molecule has 5 unspecified atom stereocenters. The van der Waals surface area contributed by atoms with E-state index in [0.29, 0.717) is 11.4 Å². The third kappa shape index (κ3) is 11.2. The van der Waals surface area contributed by atoms with Crippen LogP contribution in [0.1, 0.15) is 27.8 Å². The Balaban J connectivity index is 0.000000607. The molecule has 0 radical (unpaired) electrons. The Morgan fingerprint density at radius 3 is 1.27 bits per heavy atom. The molecule has 3 rings (SSSR count). The highest BCUT2D eigenvalue weighted by molar-refractivity contribution is 6.82. The molecule has 0 saturated heterocycles. The first-order chi connectivity index (χ1) is 20.1. The summed E-state index contributed by atoms with van der Waals surface area (Å²) in [4.78, 5) is 72.7. The minimum atomic E-state index is -3.41. The summed E-state index contributed by atoms with van der Waals surface area (Å²) in [7, 11) is -18.1. The fourth-order valence-corrected chi connectivity index (χ4v) is 21.4. The maximum Gasteiger partial charge on any atom is 0.349 e. The second kappa shape index (κ2) is 14.1. The molecule has 0 amide bonds. The molecule has 1 aromatic carbocycles. The highest BCUT2D eigenvalue weighted by Crippen LogP contribution is 2.39. The van der Waals surface area contributed by atoms with Crippen LogP contribution in [0.4, 0.5) is 0 Å². The lowest BCUT2D eigenvalue weighted by Crippen LogP contribution is -2.52. The topological polar surface area (TPSA) is 192 Å². The van der Waals surface area contributed by atoms with Crippen LogP contribution in [-0.4, -0.2) is 105 Å². The zero-order valence-corrected chi connectivity index (χ0v) is 34.5. The van der Waals surface area contributed by atoms with E-state index in [9.17, 15) is 28.8 Å². The lowest BCUT2D eigenvalue weighted by Gasteiger charge is -2.33. The van der Waals surface area contributed by atoms with E-state index >= 15 is 0 Å². The van der Waals surface area contributed by atoms with Gasteiger partial charge in [-0.2, -0.15) is 0 Å². The molecule has 256 valence electrons. The van der Waals surface area contributed by atoms with Crippen molar-refractivity contribution in [1.82, 2.24) is 0 Å². The van der Waals surface area contributed by atoms with Crippen LogP contribution in [0.2, 0.25) is 70.0 Å². The van der Waals surface area contributed by atoms with Gasteiger partial charge in [0, 0.05) is 11.1 Å². The van der Waals surface area contributed by atoms with E-state index in [1.54, 1.807) is 58.9 Å². The van der Waals surface area contributed by atoms with Crippen LogP contribution in [0, 0.1) is 20.8 Å². The lowest BCUT2D eigenvalue weighted by molar-refractivity contribution is 0.165. The number of benzene rings is 1. The van der Waals surface area contributed by atoms with Gasteiger partial charge >= 0.3 is 51.4 Å². The van der Waals surface area contributed by atoms with Crippen LogP contribution in [0.25, 0.3) is 0 Å². The molecule has 0 saturated carbocycles. The van der Waals surface area contributed by atoms with Crippen LogP contribution in [0.5, 0.6) is 0 Å². The third-order valence-electron chi connectivity index (χ3n) is 6.99. The Morgan fingerprint density at radius 1 is 0.667 bits per heavy atom. The molecule has 2 heterocycles. The normalized spacial score (nSPS) is 22.9. The van der Waals surface area contributed by atoms with Crippen molar-refractivity contribution in [3.63, 3.8) is 0 Å². The maximum atomic E-state index is 11.3. The van der Waals surface area contributed by atoms with Gasteiger partial charge < -0.3 is 50.8 Å². The van der Waals surface area contributed by atoms with Crippen molar-refractivity contribution in [2.45, 2.75) is 90.8 Å². The first-order valence-corrected chi connectivity index (χ1v) is 30.6. The number of hydrogen-bond donors (Lipinski definition) is 6. The highest BCUT2D eigenvalue weighted by Gasteiger charge is 2.51. The van der Waals surface area contributed by atoms with Crippen molar-refractivity contribution in [1.29, 1.82) is 0 Å². The standard InChI is InChI=1S/C21H38N2O8Si4.C5H14O3Si2/c1-13-10-14(2)19(21-17(12-29-23-21)35(9,27)31-33(6,7)25)15(3)18(13)20-16(11-28-22-20)34(8,26)30-32(4,5)24;1-5-10(4,7)8-9(2,3)6/h10,16-17,24-27H,11-12H2,1-9H3;5-7H,1H2,2-4H3. The lowest BCUT2D eigenvalue weighted by atomic mass is 9.87. The summed E-state index contributed by atoms with van der Waals surface area (Å²) in [5, 5.41) is 8.60. The monoisotopic (exact) mass is 736 g/mol. The van der Waals surface area contributed by atoms with E-state index < -0.39 is 62.4 Å². The third-order valence-corrected chi connectivity index (χ3v) is 22.2. The largest absolute Gasteiger partial charge is 0.415 e. The summed E-state index contributed by atoms with van der Waals surface area (Å²) in [6.45, 7) is 24.2. The van der Waals surface area contributed by atoms with E-state index in [2.05, 4.69) is 16.9 Å². The molecule has 19 heteroatoms. The Bertz CT molecular complexity index is 1220. The zero-order chi connectivity index (χ0) is 35.0. The van der Waals surface area contributed by atoms with Gasteiger partial charge in [0.05, 0.1) is 22.5 Å². The molecule has 2 aliphatic heterocycles.